The van der Waals surface area contributed by atoms with Crippen molar-refractivity contribution in [3.63, 3.8) is 0 Å². The molecule has 45 valence electrons. The van der Waals surface area contributed by atoms with Crippen LogP contribution >= 0.6 is 0 Å². The Morgan fingerprint density at radius 1 is 1.75 bits per heavy atom. The maximum Gasteiger partial charge on any atom is 0.0894 e. The minimum atomic E-state index is 0.184. The third-order valence-electron chi connectivity index (χ3n) is 1.15. The van der Waals surface area contributed by atoms with Gasteiger partial charge in [0.25, 0.3) is 0 Å². The number of nitrogens with zero attached hydrogens (tertiary/aromatic N) is 1. The zero-order valence-corrected chi connectivity index (χ0v) is 4.84. The highest BCUT2D eigenvalue weighted by atomic mass is 16.5. The molecule has 1 saturated heterocycles. The fourth-order valence-corrected chi connectivity index (χ4v) is 0.682. The van der Waals surface area contributed by atoms with Crippen molar-refractivity contribution in [3.05, 3.63) is 12.7 Å². The maximum atomic E-state index is 5.22. The molecule has 0 aromatic carbocycles. The molecule has 0 saturated carbocycles. The lowest BCUT2D eigenvalue weighted by Crippen LogP contribution is -2.32. The van der Waals surface area contributed by atoms with Crippen LogP contribution in [0.4, 0.5) is 0 Å². The van der Waals surface area contributed by atoms with E-state index in [0.29, 0.717) is 0 Å². The lowest BCUT2D eigenvalue weighted by molar-refractivity contribution is 0.0577. The molecule has 2 nitrogen and oxygen atoms in total. The molecule has 0 amide bonds. The van der Waals surface area contributed by atoms with Crippen molar-refractivity contribution in [1.82, 2.24) is 5.32 Å². The molecule has 1 heterocycles. The van der Waals surface area contributed by atoms with Crippen molar-refractivity contribution >= 4 is 0 Å². The summed E-state index contributed by atoms with van der Waals surface area (Å²) >= 11 is 0. The van der Waals surface area contributed by atoms with Crippen molar-refractivity contribution in [1.29, 1.82) is 0 Å². The largest absolute Gasteiger partial charge is 0.371 e. The minimum Gasteiger partial charge on any atom is -0.371 e. The highest BCUT2D eigenvalue weighted by Crippen LogP contribution is 1.95. The van der Waals surface area contributed by atoms with Gasteiger partial charge < -0.3 is 4.74 Å². The third-order valence-corrected chi connectivity index (χ3v) is 1.15. The Morgan fingerprint density at radius 2 is 2.62 bits per heavy atom. The van der Waals surface area contributed by atoms with Crippen LogP contribution in [0.5, 0.6) is 0 Å². The van der Waals surface area contributed by atoms with E-state index in [9.17, 15) is 0 Å². The van der Waals surface area contributed by atoms with E-state index in [2.05, 4.69) is 11.9 Å². The molecule has 0 aliphatic carbocycles. The Bertz CT molecular complexity index is 76.6. The molecule has 0 bridgehead atoms. The zero-order chi connectivity index (χ0) is 5.82. The average molecular weight is 112 g/mol. The molecule has 1 fully saturated rings. The van der Waals surface area contributed by atoms with E-state index >= 15 is 0 Å². The second kappa shape index (κ2) is 2.84. The molecule has 0 aromatic heterocycles. The standard InChI is InChI=1S/C6H10NO/c1-2-6-5-7-3-4-8-6/h2,6H,1,3-5H2. The summed E-state index contributed by atoms with van der Waals surface area (Å²) in [5.41, 5.74) is 0. The summed E-state index contributed by atoms with van der Waals surface area (Å²) in [4.78, 5) is 0. The van der Waals surface area contributed by atoms with Gasteiger partial charge in [0.1, 0.15) is 0 Å². The second-order valence-electron chi connectivity index (χ2n) is 1.77. The Kier molecular flexibility index (Phi) is 2.06. The molecule has 1 radical (unpaired) electrons. The first-order valence-corrected chi connectivity index (χ1v) is 2.81. The van der Waals surface area contributed by atoms with Crippen LogP contribution in [-0.2, 0) is 4.74 Å². The maximum absolute atomic E-state index is 5.22. The minimum absolute atomic E-state index is 0.184. The van der Waals surface area contributed by atoms with E-state index < -0.39 is 0 Å². The highest BCUT2D eigenvalue weighted by Gasteiger charge is 2.08. The summed E-state index contributed by atoms with van der Waals surface area (Å²) < 4.78 is 5.22. The van der Waals surface area contributed by atoms with Gasteiger partial charge in [0.05, 0.1) is 12.7 Å². The number of morpholine rings is 1. The van der Waals surface area contributed by atoms with E-state index in [1.165, 1.54) is 0 Å². The Hall–Kier alpha value is -0.340. The second-order valence-corrected chi connectivity index (χ2v) is 1.77. The molecule has 0 N–H and O–H groups in total. The first-order valence-electron chi connectivity index (χ1n) is 2.81. The van der Waals surface area contributed by atoms with Crippen molar-refractivity contribution in [3.8, 4) is 0 Å². The van der Waals surface area contributed by atoms with Crippen molar-refractivity contribution in [2.45, 2.75) is 6.10 Å². The van der Waals surface area contributed by atoms with Gasteiger partial charge in [-0.05, 0) is 0 Å². The number of hydrogen-bond donors (Lipinski definition) is 0. The average Bonchev–Trinajstić information content (AvgIpc) is 1.90. The van der Waals surface area contributed by atoms with E-state index in [0.717, 1.165) is 19.7 Å². The molecule has 1 aliphatic rings. The summed E-state index contributed by atoms with van der Waals surface area (Å²) in [7, 11) is 0. The van der Waals surface area contributed by atoms with Crippen LogP contribution in [0.1, 0.15) is 0 Å². The summed E-state index contributed by atoms with van der Waals surface area (Å²) in [6.45, 7) is 6.01. The van der Waals surface area contributed by atoms with E-state index in [1.807, 2.05) is 0 Å². The van der Waals surface area contributed by atoms with Crippen LogP contribution in [0.3, 0.4) is 0 Å². The molecular formula is C6H10NO. The summed E-state index contributed by atoms with van der Waals surface area (Å²) in [5, 5.41) is 4.13. The predicted molar refractivity (Wildman–Crippen MR) is 31.8 cm³/mol. The molecule has 1 rings (SSSR count). The fourth-order valence-electron chi connectivity index (χ4n) is 0.682. The summed E-state index contributed by atoms with van der Waals surface area (Å²) in [5.74, 6) is 0. The van der Waals surface area contributed by atoms with Crippen LogP contribution in [0.25, 0.3) is 0 Å². The third kappa shape index (κ3) is 1.32. The smallest absolute Gasteiger partial charge is 0.0894 e. The van der Waals surface area contributed by atoms with Crippen LogP contribution in [0, 0.1) is 0 Å². The van der Waals surface area contributed by atoms with Gasteiger partial charge in [0.15, 0.2) is 0 Å². The molecule has 0 aromatic rings. The SMILES string of the molecule is C=CC1C[N]CCO1. The quantitative estimate of drug-likeness (QED) is 0.444. The Morgan fingerprint density at radius 3 is 3.00 bits per heavy atom. The number of ether oxygens (including phenoxy) is 1. The van der Waals surface area contributed by atoms with Gasteiger partial charge in [-0.15, -0.1) is 6.58 Å². The normalized spacial score (nSPS) is 29.8. The van der Waals surface area contributed by atoms with E-state index in [1.54, 1.807) is 6.08 Å². The fraction of sp³-hybridized carbons (Fsp3) is 0.667. The summed E-state index contributed by atoms with van der Waals surface area (Å²) in [6.07, 6.45) is 1.98. The highest BCUT2D eigenvalue weighted by molar-refractivity contribution is 4.83. The van der Waals surface area contributed by atoms with Gasteiger partial charge >= 0.3 is 0 Å². The molecular weight excluding hydrogens is 102 g/mol. The lowest BCUT2D eigenvalue weighted by atomic mass is 10.3. The van der Waals surface area contributed by atoms with Crippen LogP contribution in [-0.4, -0.2) is 25.8 Å². The number of rotatable bonds is 1. The van der Waals surface area contributed by atoms with Crippen LogP contribution < -0.4 is 5.32 Å². The van der Waals surface area contributed by atoms with Gasteiger partial charge in [-0.25, -0.2) is 5.32 Å². The zero-order valence-electron chi connectivity index (χ0n) is 4.84. The van der Waals surface area contributed by atoms with Gasteiger partial charge in [-0.3, -0.25) is 0 Å². The molecule has 0 spiro atoms. The van der Waals surface area contributed by atoms with E-state index in [-0.39, 0.29) is 6.10 Å². The molecule has 2 heteroatoms. The Labute approximate surface area is 49.5 Å². The Balaban J connectivity index is 2.22. The van der Waals surface area contributed by atoms with Crippen LogP contribution in [0.2, 0.25) is 0 Å². The van der Waals surface area contributed by atoms with Crippen LogP contribution in [0.15, 0.2) is 12.7 Å². The molecule has 1 aliphatic heterocycles. The lowest BCUT2D eigenvalue weighted by Gasteiger charge is -2.18. The van der Waals surface area contributed by atoms with Crippen molar-refractivity contribution in [2.24, 2.45) is 0 Å². The molecule has 1 atom stereocenters. The topological polar surface area (TPSA) is 23.3 Å². The van der Waals surface area contributed by atoms with Gasteiger partial charge in [-0.2, -0.15) is 0 Å². The monoisotopic (exact) mass is 112 g/mol. The molecule has 8 heavy (non-hydrogen) atoms. The number of hydrogen-bond acceptors (Lipinski definition) is 1. The first-order chi connectivity index (χ1) is 3.93. The van der Waals surface area contributed by atoms with Crippen molar-refractivity contribution < 1.29 is 4.74 Å². The van der Waals surface area contributed by atoms with Gasteiger partial charge in [0.2, 0.25) is 0 Å². The first kappa shape index (κ1) is 5.79. The summed E-state index contributed by atoms with van der Waals surface area (Å²) in [6, 6.07) is 0. The predicted octanol–water partition coefficient (Wildman–Crippen LogP) is 0.176. The van der Waals surface area contributed by atoms with E-state index in [4.69, 9.17) is 4.74 Å². The van der Waals surface area contributed by atoms with Gasteiger partial charge in [-0.1, -0.05) is 6.08 Å². The van der Waals surface area contributed by atoms with Crippen molar-refractivity contribution in [2.75, 3.05) is 19.7 Å². The van der Waals surface area contributed by atoms with Gasteiger partial charge in [0, 0.05) is 13.1 Å². The molecule has 1 unspecified atom stereocenters.